The molecule has 0 aliphatic heterocycles. The first-order valence-corrected chi connectivity index (χ1v) is 11.6. The average molecular weight is 405 g/mol. The lowest BCUT2D eigenvalue weighted by atomic mass is 9.62. The largest absolute Gasteiger partial charge is 0.463 e. The first-order chi connectivity index (χ1) is 14.0. The maximum Gasteiger partial charge on any atom is 0.330 e. The lowest BCUT2D eigenvalue weighted by Gasteiger charge is -2.44. The van der Waals surface area contributed by atoms with Crippen LogP contribution in [0.5, 0.6) is 0 Å². The number of esters is 2. The fourth-order valence-corrected chi connectivity index (χ4v) is 5.56. The van der Waals surface area contributed by atoms with Crippen LogP contribution in [0.3, 0.4) is 0 Å². The predicted molar refractivity (Wildman–Crippen MR) is 116 cm³/mol. The van der Waals surface area contributed by atoms with E-state index < -0.39 is 0 Å². The molecular formula is C25H40O4. The van der Waals surface area contributed by atoms with Crippen molar-refractivity contribution in [2.45, 2.75) is 84.0 Å². The number of carbonyl (C=O) groups is 2. The van der Waals surface area contributed by atoms with Gasteiger partial charge < -0.3 is 9.47 Å². The summed E-state index contributed by atoms with van der Waals surface area (Å²) < 4.78 is 10.5. The summed E-state index contributed by atoms with van der Waals surface area (Å²) in [5.41, 5.74) is 0.0960. The summed E-state index contributed by atoms with van der Waals surface area (Å²) in [6.07, 6.45) is 17.2. The number of ether oxygens (including phenoxy) is 2. The van der Waals surface area contributed by atoms with E-state index in [-0.39, 0.29) is 17.4 Å². The molecule has 0 aromatic heterocycles. The Kier molecular flexibility index (Phi) is 9.96. The van der Waals surface area contributed by atoms with Crippen molar-refractivity contribution in [1.82, 2.24) is 0 Å². The van der Waals surface area contributed by atoms with Gasteiger partial charge in [0.25, 0.3) is 0 Å². The predicted octanol–water partition coefficient (Wildman–Crippen LogP) is 6.01. The molecule has 2 fully saturated rings. The van der Waals surface area contributed by atoms with E-state index in [2.05, 4.69) is 20.1 Å². The summed E-state index contributed by atoms with van der Waals surface area (Å²) in [6, 6.07) is 0. The summed E-state index contributed by atoms with van der Waals surface area (Å²) in [5.74, 6) is 1.94. The molecule has 4 nitrogen and oxygen atoms in total. The summed E-state index contributed by atoms with van der Waals surface area (Å²) >= 11 is 0. The Morgan fingerprint density at radius 1 is 0.862 bits per heavy atom. The second kappa shape index (κ2) is 12.2. The van der Waals surface area contributed by atoms with Gasteiger partial charge in [-0.15, -0.1) is 0 Å². The van der Waals surface area contributed by atoms with Crippen LogP contribution < -0.4 is 0 Å². The highest BCUT2D eigenvalue weighted by Gasteiger charge is 2.38. The lowest BCUT2D eigenvalue weighted by Crippen LogP contribution is -2.34. The van der Waals surface area contributed by atoms with Gasteiger partial charge in [0.2, 0.25) is 0 Å². The van der Waals surface area contributed by atoms with Crippen LogP contribution in [-0.4, -0.2) is 25.2 Å². The zero-order valence-corrected chi connectivity index (χ0v) is 18.3. The van der Waals surface area contributed by atoms with Crippen molar-refractivity contribution in [3.63, 3.8) is 0 Å². The van der Waals surface area contributed by atoms with Crippen molar-refractivity contribution in [2.24, 2.45) is 23.2 Å². The molecular weight excluding hydrogens is 364 g/mol. The van der Waals surface area contributed by atoms with E-state index in [9.17, 15) is 9.59 Å². The first kappa shape index (κ1) is 23.7. The molecule has 0 amide bonds. The quantitative estimate of drug-likeness (QED) is 0.313. The Morgan fingerprint density at radius 2 is 1.34 bits per heavy atom. The average Bonchev–Trinajstić information content (AvgIpc) is 2.75. The maximum atomic E-state index is 11.4. The van der Waals surface area contributed by atoms with Crippen molar-refractivity contribution in [3.8, 4) is 0 Å². The van der Waals surface area contributed by atoms with E-state index in [0.29, 0.717) is 13.2 Å². The molecule has 2 aliphatic rings. The molecule has 0 aromatic carbocycles. The molecule has 0 spiro atoms. The van der Waals surface area contributed by atoms with Gasteiger partial charge in [0.15, 0.2) is 0 Å². The van der Waals surface area contributed by atoms with Gasteiger partial charge in [-0.05, 0) is 74.5 Å². The minimum Gasteiger partial charge on any atom is -0.463 e. The van der Waals surface area contributed by atoms with E-state index >= 15 is 0 Å². The van der Waals surface area contributed by atoms with Gasteiger partial charge in [-0.2, -0.15) is 0 Å². The van der Waals surface area contributed by atoms with Crippen LogP contribution in [0.1, 0.15) is 84.0 Å². The summed E-state index contributed by atoms with van der Waals surface area (Å²) in [4.78, 5) is 22.8. The highest BCUT2D eigenvalue weighted by molar-refractivity contribution is 5.81. The van der Waals surface area contributed by atoms with E-state index in [0.717, 1.165) is 43.4 Å². The van der Waals surface area contributed by atoms with Crippen molar-refractivity contribution in [2.75, 3.05) is 13.2 Å². The number of hydrogen-bond acceptors (Lipinski definition) is 4. The Balaban J connectivity index is 1.86. The summed E-state index contributed by atoms with van der Waals surface area (Å²) in [7, 11) is 0. The third-order valence-electron chi connectivity index (χ3n) is 7.43. The second-order valence-electron chi connectivity index (χ2n) is 9.15. The monoisotopic (exact) mass is 404 g/mol. The smallest absolute Gasteiger partial charge is 0.330 e. The SMILES string of the molecule is C=CC(=O)OCCC1(CCOC(=O)C=C)CCC(C2CCC(CCC)CC2)CC1. The van der Waals surface area contributed by atoms with Crippen LogP contribution >= 0.6 is 0 Å². The number of carbonyl (C=O) groups excluding carboxylic acids is 2. The van der Waals surface area contributed by atoms with Gasteiger partial charge >= 0.3 is 11.9 Å². The fraction of sp³-hybridized carbons (Fsp3) is 0.760. The minimum absolute atomic E-state index is 0.0960. The topological polar surface area (TPSA) is 52.6 Å². The van der Waals surface area contributed by atoms with Crippen LogP contribution in [0, 0.1) is 23.2 Å². The molecule has 0 bridgehead atoms. The van der Waals surface area contributed by atoms with Gasteiger partial charge in [-0.25, -0.2) is 9.59 Å². The molecule has 0 unspecified atom stereocenters. The van der Waals surface area contributed by atoms with Gasteiger partial charge in [0, 0.05) is 12.2 Å². The minimum atomic E-state index is -0.365. The van der Waals surface area contributed by atoms with Crippen LogP contribution in [0.15, 0.2) is 25.3 Å². The normalized spacial score (nSPS) is 24.4. The van der Waals surface area contributed by atoms with Gasteiger partial charge in [-0.1, -0.05) is 45.8 Å². The molecule has 2 aliphatic carbocycles. The number of rotatable bonds is 11. The van der Waals surface area contributed by atoms with Crippen LogP contribution in [0.25, 0.3) is 0 Å². The standard InChI is InChI=1S/C25H40O4/c1-4-7-20-8-10-21(11-9-20)22-12-14-25(15-13-22,16-18-28-23(26)5-2)17-19-29-24(27)6-3/h5-6,20-22H,2-4,7-19H2,1H3. The van der Waals surface area contributed by atoms with E-state index in [4.69, 9.17) is 9.47 Å². The van der Waals surface area contributed by atoms with Crippen molar-refractivity contribution in [1.29, 1.82) is 0 Å². The Labute approximate surface area is 177 Å². The third kappa shape index (κ3) is 7.64. The van der Waals surface area contributed by atoms with Crippen molar-refractivity contribution in [3.05, 3.63) is 25.3 Å². The van der Waals surface area contributed by atoms with Crippen molar-refractivity contribution >= 4 is 11.9 Å². The molecule has 0 heterocycles. The molecule has 0 saturated heterocycles. The Hall–Kier alpha value is -1.58. The molecule has 0 atom stereocenters. The summed E-state index contributed by atoms with van der Waals surface area (Å²) in [5, 5.41) is 0. The lowest BCUT2D eigenvalue weighted by molar-refractivity contribution is -0.139. The zero-order chi connectivity index (χ0) is 21.1. The van der Waals surface area contributed by atoms with Crippen LogP contribution in [0.4, 0.5) is 0 Å². The third-order valence-corrected chi connectivity index (χ3v) is 7.43. The molecule has 2 rings (SSSR count). The molecule has 164 valence electrons. The first-order valence-electron chi connectivity index (χ1n) is 11.6. The van der Waals surface area contributed by atoms with Gasteiger partial charge in [0.1, 0.15) is 0 Å². The van der Waals surface area contributed by atoms with E-state index in [1.165, 1.54) is 63.5 Å². The van der Waals surface area contributed by atoms with E-state index in [1.807, 2.05) is 0 Å². The molecule has 4 heteroatoms. The van der Waals surface area contributed by atoms with Crippen LogP contribution in [0.2, 0.25) is 0 Å². The van der Waals surface area contributed by atoms with E-state index in [1.54, 1.807) is 0 Å². The fourth-order valence-electron chi connectivity index (χ4n) is 5.56. The number of hydrogen-bond donors (Lipinski definition) is 0. The molecule has 0 radical (unpaired) electrons. The van der Waals surface area contributed by atoms with Crippen LogP contribution in [-0.2, 0) is 19.1 Å². The summed E-state index contributed by atoms with van der Waals surface area (Å²) in [6.45, 7) is 10.0. The molecule has 0 aromatic rings. The molecule has 29 heavy (non-hydrogen) atoms. The molecule has 2 saturated carbocycles. The Bertz CT molecular complexity index is 509. The maximum absolute atomic E-state index is 11.4. The van der Waals surface area contributed by atoms with Crippen molar-refractivity contribution < 1.29 is 19.1 Å². The van der Waals surface area contributed by atoms with Gasteiger partial charge in [-0.3, -0.25) is 0 Å². The zero-order valence-electron chi connectivity index (χ0n) is 18.3. The highest BCUT2D eigenvalue weighted by Crippen LogP contribution is 2.49. The Morgan fingerprint density at radius 3 is 1.79 bits per heavy atom. The second-order valence-corrected chi connectivity index (χ2v) is 9.15. The van der Waals surface area contributed by atoms with Gasteiger partial charge in [0.05, 0.1) is 13.2 Å². The highest BCUT2D eigenvalue weighted by atomic mass is 16.5. The molecule has 0 N–H and O–H groups in total.